The first-order valence-electron chi connectivity index (χ1n) is 11.8. The number of hydrogen-bond donors (Lipinski definition) is 0. The number of benzene rings is 2. The highest BCUT2D eigenvalue weighted by Crippen LogP contribution is 2.30. The third-order valence-electron chi connectivity index (χ3n) is 6.62. The van der Waals surface area contributed by atoms with Crippen LogP contribution in [0.15, 0.2) is 48.5 Å². The van der Waals surface area contributed by atoms with E-state index < -0.39 is 0 Å². The van der Waals surface area contributed by atoms with Crippen LogP contribution in [-0.2, 0) is 11.3 Å². The molecular weight excluding hydrogens is 402 g/mol. The van der Waals surface area contributed by atoms with Crippen LogP contribution in [0.4, 0.5) is 5.69 Å². The summed E-state index contributed by atoms with van der Waals surface area (Å²) < 4.78 is 11.3. The summed E-state index contributed by atoms with van der Waals surface area (Å²) in [7, 11) is 1.72. The molecule has 4 rings (SSSR count). The summed E-state index contributed by atoms with van der Waals surface area (Å²) in [6, 6.07) is 16.4. The highest BCUT2D eigenvalue weighted by molar-refractivity contribution is 5.79. The molecule has 2 saturated heterocycles. The van der Waals surface area contributed by atoms with Crippen LogP contribution in [-0.4, -0.2) is 68.7 Å². The maximum atomic E-state index is 13.2. The molecule has 0 bridgehead atoms. The summed E-state index contributed by atoms with van der Waals surface area (Å²) in [6.45, 7) is 8.71. The number of carbonyl (C=O) groups excluding carboxylic acids is 1. The number of piperazine rings is 1. The number of ether oxygens (including phenoxy) is 2. The van der Waals surface area contributed by atoms with E-state index in [1.807, 2.05) is 37.3 Å². The molecule has 0 radical (unpaired) electrons. The zero-order valence-corrected chi connectivity index (χ0v) is 19.3. The lowest BCUT2D eigenvalue weighted by Crippen LogP contribution is -2.51. The normalized spacial score (nSPS) is 17.9. The Hall–Kier alpha value is -2.73. The van der Waals surface area contributed by atoms with Gasteiger partial charge in [0.2, 0.25) is 5.91 Å². The summed E-state index contributed by atoms with van der Waals surface area (Å²) in [6.07, 6.45) is 1.86. The molecule has 2 aromatic carbocycles. The van der Waals surface area contributed by atoms with Crippen molar-refractivity contribution in [1.29, 1.82) is 0 Å². The predicted octanol–water partition coefficient (Wildman–Crippen LogP) is 3.65. The number of rotatable bonds is 7. The molecule has 32 heavy (non-hydrogen) atoms. The molecule has 0 spiro atoms. The van der Waals surface area contributed by atoms with Crippen LogP contribution in [0.5, 0.6) is 11.5 Å². The summed E-state index contributed by atoms with van der Waals surface area (Å²) in [5, 5.41) is 0. The minimum Gasteiger partial charge on any atom is -0.496 e. The van der Waals surface area contributed by atoms with Gasteiger partial charge in [-0.1, -0.05) is 30.3 Å². The molecule has 2 fully saturated rings. The van der Waals surface area contributed by atoms with Crippen LogP contribution in [0.3, 0.4) is 0 Å². The Bertz CT molecular complexity index is 887. The van der Waals surface area contributed by atoms with Gasteiger partial charge in [0.25, 0.3) is 0 Å². The standard InChI is InChI=1S/C26H35N3O3/c1-3-32-25-11-7-5-9-23(25)28-16-18-29(19-17-28)26(30)21-12-14-27(15-13-21)20-22-8-4-6-10-24(22)31-2/h4-11,21H,3,12-20H2,1-2H3. The quantitative estimate of drug-likeness (QED) is 0.662. The van der Waals surface area contributed by atoms with Crippen molar-refractivity contribution in [3.63, 3.8) is 0 Å². The molecule has 6 heteroatoms. The van der Waals surface area contributed by atoms with Gasteiger partial charge < -0.3 is 19.3 Å². The topological polar surface area (TPSA) is 45.2 Å². The average molecular weight is 438 g/mol. The summed E-state index contributed by atoms with van der Waals surface area (Å²) in [4.78, 5) is 20.0. The van der Waals surface area contributed by atoms with Gasteiger partial charge in [0.15, 0.2) is 0 Å². The molecule has 0 N–H and O–H groups in total. The molecule has 2 heterocycles. The molecule has 0 aromatic heterocycles. The van der Waals surface area contributed by atoms with Gasteiger partial charge in [-0.2, -0.15) is 0 Å². The van der Waals surface area contributed by atoms with Gasteiger partial charge in [0.1, 0.15) is 11.5 Å². The van der Waals surface area contributed by atoms with Crippen LogP contribution in [0.2, 0.25) is 0 Å². The van der Waals surface area contributed by atoms with E-state index in [0.717, 1.165) is 75.8 Å². The highest BCUT2D eigenvalue weighted by atomic mass is 16.5. The molecular formula is C26H35N3O3. The molecule has 2 aliphatic heterocycles. The van der Waals surface area contributed by atoms with Crippen molar-refractivity contribution in [2.75, 3.05) is 57.9 Å². The fraction of sp³-hybridized carbons (Fsp3) is 0.500. The number of para-hydroxylation sites is 3. The smallest absolute Gasteiger partial charge is 0.225 e. The van der Waals surface area contributed by atoms with Gasteiger partial charge in [-0.15, -0.1) is 0 Å². The van der Waals surface area contributed by atoms with Gasteiger partial charge in [-0.25, -0.2) is 0 Å². The largest absolute Gasteiger partial charge is 0.496 e. The van der Waals surface area contributed by atoms with Crippen molar-refractivity contribution < 1.29 is 14.3 Å². The number of piperidine rings is 1. The Balaban J connectivity index is 1.27. The van der Waals surface area contributed by atoms with Gasteiger partial charge in [0.05, 0.1) is 19.4 Å². The lowest BCUT2D eigenvalue weighted by atomic mass is 9.94. The van der Waals surface area contributed by atoms with Crippen LogP contribution >= 0.6 is 0 Å². The highest BCUT2D eigenvalue weighted by Gasteiger charge is 2.31. The average Bonchev–Trinajstić information content (AvgIpc) is 2.85. The van der Waals surface area contributed by atoms with E-state index in [1.165, 1.54) is 5.56 Å². The number of hydrogen-bond acceptors (Lipinski definition) is 5. The maximum Gasteiger partial charge on any atom is 0.225 e. The number of carbonyl (C=O) groups is 1. The first kappa shape index (κ1) is 22.5. The van der Waals surface area contributed by atoms with Crippen molar-refractivity contribution in [3.8, 4) is 11.5 Å². The van der Waals surface area contributed by atoms with Crippen molar-refractivity contribution in [2.45, 2.75) is 26.3 Å². The molecule has 0 saturated carbocycles. The van der Waals surface area contributed by atoms with Gasteiger partial charge >= 0.3 is 0 Å². The van der Waals surface area contributed by atoms with Crippen molar-refractivity contribution >= 4 is 11.6 Å². The Labute approximate surface area is 191 Å². The van der Waals surface area contributed by atoms with Crippen LogP contribution in [0.1, 0.15) is 25.3 Å². The Morgan fingerprint density at radius 2 is 1.56 bits per heavy atom. The van der Waals surface area contributed by atoms with E-state index in [-0.39, 0.29) is 5.92 Å². The van der Waals surface area contributed by atoms with E-state index in [2.05, 4.69) is 32.9 Å². The molecule has 172 valence electrons. The van der Waals surface area contributed by atoms with Gasteiger partial charge in [0, 0.05) is 44.2 Å². The third kappa shape index (κ3) is 5.18. The van der Waals surface area contributed by atoms with Crippen LogP contribution in [0, 0.1) is 5.92 Å². The molecule has 1 amide bonds. The SMILES string of the molecule is CCOc1ccccc1N1CCN(C(=O)C2CCN(Cc3ccccc3OC)CC2)CC1. The van der Waals surface area contributed by atoms with E-state index in [1.54, 1.807) is 7.11 Å². The lowest BCUT2D eigenvalue weighted by molar-refractivity contribution is -0.137. The molecule has 2 aromatic rings. The summed E-state index contributed by atoms with van der Waals surface area (Å²) in [5.41, 5.74) is 2.34. The van der Waals surface area contributed by atoms with Gasteiger partial charge in [-0.05, 0) is 51.1 Å². The molecule has 2 aliphatic rings. The number of nitrogens with zero attached hydrogens (tertiary/aromatic N) is 3. The van der Waals surface area contributed by atoms with E-state index >= 15 is 0 Å². The molecule has 6 nitrogen and oxygen atoms in total. The first-order chi connectivity index (χ1) is 15.7. The zero-order chi connectivity index (χ0) is 22.3. The monoisotopic (exact) mass is 437 g/mol. The van der Waals surface area contributed by atoms with E-state index in [9.17, 15) is 4.79 Å². The van der Waals surface area contributed by atoms with E-state index in [4.69, 9.17) is 9.47 Å². The first-order valence-corrected chi connectivity index (χ1v) is 11.8. The fourth-order valence-corrected chi connectivity index (χ4v) is 4.83. The third-order valence-corrected chi connectivity index (χ3v) is 6.62. The van der Waals surface area contributed by atoms with Gasteiger partial charge in [-0.3, -0.25) is 9.69 Å². The Kier molecular flexibility index (Phi) is 7.53. The predicted molar refractivity (Wildman–Crippen MR) is 127 cm³/mol. The number of amides is 1. The van der Waals surface area contributed by atoms with E-state index in [0.29, 0.717) is 12.5 Å². The second-order valence-corrected chi connectivity index (χ2v) is 8.58. The van der Waals surface area contributed by atoms with Crippen molar-refractivity contribution in [2.24, 2.45) is 5.92 Å². The summed E-state index contributed by atoms with van der Waals surface area (Å²) in [5.74, 6) is 2.34. The minimum atomic E-state index is 0.145. The fourth-order valence-electron chi connectivity index (χ4n) is 4.83. The van der Waals surface area contributed by atoms with Crippen molar-refractivity contribution in [3.05, 3.63) is 54.1 Å². The number of likely N-dealkylation sites (tertiary alicyclic amines) is 1. The molecule has 0 unspecified atom stereocenters. The number of anilines is 1. The summed E-state index contributed by atoms with van der Waals surface area (Å²) >= 11 is 0. The maximum absolute atomic E-state index is 13.2. The minimum absolute atomic E-state index is 0.145. The second kappa shape index (κ2) is 10.7. The molecule has 0 atom stereocenters. The Morgan fingerprint density at radius 1 is 0.906 bits per heavy atom. The number of methoxy groups -OCH3 is 1. The second-order valence-electron chi connectivity index (χ2n) is 8.58. The Morgan fingerprint density at radius 3 is 2.25 bits per heavy atom. The van der Waals surface area contributed by atoms with Crippen molar-refractivity contribution in [1.82, 2.24) is 9.80 Å². The van der Waals surface area contributed by atoms with Crippen LogP contribution in [0.25, 0.3) is 0 Å². The molecule has 0 aliphatic carbocycles. The van der Waals surface area contributed by atoms with Crippen LogP contribution < -0.4 is 14.4 Å². The lowest BCUT2D eigenvalue weighted by Gasteiger charge is -2.39. The zero-order valence-electron chi connectivity index (χ0n) is 19.3.